The Kier molecular flexibility index (Phi) is 7.52. The third kappa shape index (κ3) is 5.03. The summed E-state index contributed by atoms with van der Waals surface area (Å²) in [7, 11) is 0. The number of hydrogen-bond donors (Lipinski definition) is 2. The van der Waals surface area contributed by atoms with Gasteiger partial charge in [0.2, 0.25) is 17.7 Å². The molecule has 0 aliphatic heterocycles. The van der Waals surface area contributed by atoms with E-state index in [2.05, 4.69) is 10.5 Å². The van der Waals surface area contributed by atoms with Crippen LogP contribution in [0.25, 0.3) is 0 Å². The lowest BCUT2D eigenvalue weighted by molar-refractivity contribution is -0.131. The molecule has 3 N–H and O–H groups in total. The Balaban J connectivity index is 1.73. The number of hydrogen-bond acceptors (Lipinski definition) is 5. The maximum Gasteiger partial charge on any atom is 0.248 e. The van der Waals surface area contributed by atoms with Gasteiger partial charge in [-0.15, -0.1) is 0 Å². The zero-order valence-corrected chi connectivity index (χ0v) is 20.7. The first-order valence-corrected chi connectivity index (χ1v) is 12.3. The lowest BCUT2D eigenvalue weighted by Crippen LogP contribution is -2.61. The molecule has 188 valence electrons. The summed E-state index contributed by atoms with van der Waals surface area (Å²) in [6, 6.07) is 18.4. The highest BCUT2D eigenvalue weighted by Crippen LogP contribution is 2.47. The number of amides is 3. The average Bonchev–Trinajstić information content (AvgIpc) is 3.54. The lowest BCUT2D eigenvalue weighted by Gasteiger charge is -2.46. The highest BCUT2D eigenvalue weighted by Gasteiger charge is 2.53. The Morgan fingerprint density at radius 1 is 1.03 bits per heavy atom. The van der Waals surface area contributed by atoms with E-state index in [4.69, 9.17) is 10.3 Å². The smallest absolute Gasteiger partial charge is 0.248 e. The van der Waals surface area contributed by atoms with Gasteiger partial charge in [0, 0.05) is 24.6 Å². The van der Waals surface area contributed by atoms with Gasteiger partial charge in [-0.05, 0) is 50.3 Å². The number of nitrogens with two attached hydrogens (primary N) is 1. The summed E-state index contributed by atoms with van der Waals surface area (Å²) in [5.41, 5.74) is 7.16. The fraction of sp³-hybridized carbons (Fsp3) is 0.357. The molecule has 0 bridgehead atoms. The van der Waals surface area contributed by atoms with Crippen molar-refractivity contribution in [2.75, 3.05) is 10.2 Å². The van der Waals surface area contributed by atoms with E-state index in [0.29, 0.717) is 22.8 Å². The van der Waals surface area contributed by atoms with Crippen LogP contribution in [0.5, 0.6) is 0 Å². The van der Waals surface area contributed by atoms with Crippen molar-refractivity contribution in [2.45, 2.75) is 57.9 Å². The van der Waals surface area contributed by atoms with Crippen molar-refractivity contribution in [3.63, 3.8) is 0 Å². The van der Waals surface area contributed by atoms with Crippen molar-refractivity contribution in [3.8, 4) is 0 Å². The minimum atomic E-state index is -1.37. The van der Waals surface area contributed by atoms with Crippen LogP contribution in [0.2, 0.25) is 0 Å². The standard InChI is InChI=1S/C28H32N4O4/c1-19-12-14-22(15-13-19)28(27(29)35,21-8-6-7-9-21)32(23-10-4-3-5-11-23)26(34)17-16-25(33)30-24-18-20(2)36-31-24/h3-5,10-15,18,21H,6-9,16-17H2,1-2H3,(H2,29,35)(H,30,31,33). The highest BCUT2D eigenvalue weighted by atomic mass is 16.5. The van der Waals surface area contributed by atoms with Gasteiger partial charge < -0.3 is 15.6 Å². The molecule has 3 amide bonds. The summed E-state index contributed by atoms with van der Waals surface area (Å²) < 4.78 is 4.98. The largest absolute Gasteiger partial charge is 0.367 e. The molecule has 1 atom stereocenters. The Labute approximate surface area is 210 Å². The number of anilines is 2. The van der Waals surface area contributed by atoms with Crippen LogP contribution >= 0.6 is 0 Å². The summed E-state index contributed by atoms with van der Waals surface area (Å²) in [5.74, 6) is -0.573. The van der Waals surface area contributed by atoms with Crippen molar-refractivity contribution < 1.29 is 18.9 Å². The molecule has 2 aromatic carbocycles. The van der Waals surface area contributed by atoms with Crippen LogP contribution in [0.3, 0.4) is 0 Å². The van der Waals surface area contributed by atoms with E-state index in [1.165, 1.54) is 0 Å². The number of aryl methyl sites for hydroxylation is 2. The first-order chi connectivity index (χ1) is 17.3. The molecule has 8 heteroatoms. The molecule has 36 heavy (non-hydrogen) atoms. The zero-order valence-electron chi connectivity index (χ0n) is 20.7. The molecule has 1 aromatic heterocycles. The number of benzene rings is 2. The number of rotatable bonds is 9. The SMILES string of the molecule is Cc1ccc(C(C(N)=O)(C2CCCC2)N(C(=O)CCC(=O)Nc2cc(C)on2)c2ccccc2)cc1. The van der Waals surface area contributed by atoms with Crippen LogP contribution < -0.4 is 16.0 Å². The normalized spacial score (nSPS) is 15.3. The van der Waals surface area contributed by atoms with Gasteiger partial charge in [0.05, 0.1) is 0 Å². The predicted octanol–water partition coefficient (Wildman–Crippen LogP) is 4.61. The lowest BCUT2D eigenvalue weighted by atomic mass is 9.74. The molecule has 1 aliphatic carbocycles. The molecule has 4 rings (SSSR count). The molecule has 3 aromatic rings. The van der Waals surface area contributed by atoms with E-state index in [1.807, 2.05) is 49.4 Å². The first-order valence-electron chi connectivity index (χ1n) is 12.3. The van der Waals surface area contributed by atoms with Crippen LogP contribution in [-0.4, -0.2) is 22.9 Å². The van der Waals surface area contributed by atoms with E-state index in [1.54, 1.807) is 30.0 Å². The quantitative estimate of drug-likeness (QED) is 0.456. The number of para-hydroxylation sites is 1. The summed E-state index contributed by atoms with van der Waals surface area (Å²) in [4.78, 5) is 41.6. The number of aromatic nitrogens is 1. The number of carbonyl (C=O) groups is 3. The molecular formula is C28H32N4O4. The van der Waals surface area contributed by atoms with E-state index >= 15 is 0 Å². The summed E-state index contributed by atoms with van der Waals surface area (Å²) >= 11 is 0. The van der Waals surface area contributed by atoms with Crippen molar-refractivity contribution in [2.24, 2.45) is 11.7 Å². The van der Waals surface area contributed by atoms with Gasteiger partial charge in [0.25, 0.3) is 0 Å². The number of nitrogens with zero attached hydrogens (tertiary/aromatic N) is 2. The van der Waals surface area contributed by atoms with Crippen molar-refractivity contribution in [3.05, 3.63) is 77.6 Å². The van der Waals surface area contributed by atoms with E-state index in [-0.39, 0.29) is 30.6 Å². The molecule has 1 aliphatic rings. The Bertz CT molecular complexity index is 1220. The average molecular weight is 489 g/mol. The Morgan fingerprint density at radius 3 is 2.28 bits per heavy atom. The van der Waals surface area contributed by atoms with Crippen molar-refractivity contribution >= 4 is 29.2 Å². The van der Waals surface area contributed by atoms with Gasteiger partial charge in [-0.25, -0.2) is 0 Å². The second kappa shape index (κ2) is 10.8. The third-order valence-corrected chi connectivity index (χ3v) is 6.89. The summed E-state index contributed by atoms with van der Waals surface area (Å²) in [6.07, 6.45) is 3.29. The molecule has 1 saturated carbocycles. The maximum absolute atomic E-state index is 14.0. The zero-order chi connectivity index (χ0) is 25.7. The van der Waals surface area contributed by atoms with E-state index in [9.17, 15) is 14.4 Å². The van der Waals surface area contributed by atoms with Crippen LogP contribution in [-0.2, 0) is 19.9 Å². The third-order valence-electron chi connectivity index (χ3n) is 6.89. The molecule has 1 fully saturated rings. The minimum absolute atomic E-state index is 0.0819. The fourth-order valence-electron chi connectivity index (χ4n) is 5.24. The molecule has 0 radical (unpaired) electrons. The second-order valence-corrected chi connectivity index (χ2v) is 9.41. The van der Waals surface area contributed by atoms with Gasteiger partial charge in [-0.2, -0.15) is 0 Å². The van der Waals surface area contributed by atoms with Crippen LogP contribution in [0, 0.1) is 19.8 Å². The number of nitrogens with one attached hydrogen (secondary N) is 1. The summed E-state index contributed by atoms with van der Waals surface area (Å²) in [5, 5.41) is 6.41. The van der Waals surface area contributed by atoms with Gasteiger partial charge in [0.15, 0.2) is 11.4 Å². The van der Waals surface area contributed by atoms with Gasteiger partial charge in [-0.3, -0.25) is 19.3 Å². The van der Waals surface area contributed by atoms with Crippen LogP contribution in [0.15, 0.2) is 65.2 Å². The van der Waals surface area contributed by atoms with Gasteiger partial charge >= 0.3 is 0 Å². The van der Waals surface area contributed by atoms with Gasteiger partial charge in [-0.1, -0.05) is 66.0 Å². The number of primary amides is 1. The minimum Gasteiger partial charge on any atom is -0.367 e. The van der Waals surface area contributed by atoms with Crippen LogP contribution in [0.4, 0.5) is 11.5 Å². The molecule has 1 unspecified atom stereocenters. The summed E-state index contributed by atoms with van der Waals surface area (Å²) in [6.45, 7) is 3.70. The Hall–Kier alpha value is -3.94. The maximum atomic E-state index is 14.0. The monoisotopic (exact) mass is 488 g/mol. The second-order valence-electron chi connectivity index (χ2n) is 9.41. The van der Waals surface area contributed by atoms with E-state index in [0.717, 1.165) is 31.2 Å². The van der Waals surface area contributed by atoms with Crippen molar-refractivity contribution in [1.82, 2.24) is 5.16 Å². The highest BCUT2D eigenvalue weighted by molar-refractivity contribution is 6.05. The predicted molar refractivity (Wildman–Crippen MR) is 137 cm³/mol. The van der Waals surface area contributed by atoms with Gasteiger partial charge in [0.1, 0.15) is 5.76 Å². The van der Waals surface area contributed by atoms with E-state index < -0.39 is 11.4 Å². The molecular weight excluding hydrogens is 456 g/mol. The number of carbonyl (C=O) groups excluding carboxylic acids is 3. The molecule has 1 heterocycles. The Morgan fingerprint density at radius 2 is 1.69 bits per heavy atom. The molecule has 0 saturated heterocycles. The molecule has 0 spiro atoms. The molecule has 8 nitrogen and oxygen atoms in total. The fourth-order valence-corrected chi connectivity index (χ4v) is 5.24. The topological polar surface area (TPSA) is 119 Å². The first kappa shape index (κ1) is 25.2. The van der Waals surface area contributed by atoms with Crippen LogP contribution in [0.1, 0.15) is 55.4 Å². The van der Waals surface area contributed by atoms with Crippen molar-refractivity contribution in [1.29, 1.82) is 0 Å².